The van der Waals surface area contributed by atoms with E-state index in [9.17, 15) is 18.0 Å². The SMILES string of the molecule is CCCS(=O)(=O)NCCN(C(C)=O)C1CCN(C(=O)OCC)CC1. The quantitative estimate of drug-likeness (QED) is 0.688. The number of ether oxygens (including phenoxy) is 1. The first-order valence-corrected chi connectivity index (χ1v) is 10.1. The summed E-state index contributed by atoms with van der Waals surface area (Å²) >= 11 is 0. The van der Waals surface area contributed by atoms with E-state index in [4.69, 9.17) is 4.74 Å². The van der Waals surface area contributed by atoms with Crippen LogP contribution >= 0.6 is 0 Å². The second-order valence-electron chi connectivity index (χ2n) is 5.84. The third-order valence-corrected chi connectivity index (χ3v) is 5.57. The molecule has 1 aliphatic heterocycles. The molecule has 1 N–H and O–H groups in total. The minimum atomic E-state index is -3.27. The number of nitrogens with one attached hydrogen (secondary N) is 1. The van der Waals surface area contributed by atoms with Gasteiger partial charge in [-0.15, -0.1) is 0 Å². The number of sulfonamides is 1. The molecule has 1 aliphatic rings. The molecule has 140 valence electrons. The third kappa shape index (κ3) is 6.64. The second-order valence-corrected chi connectivity index (χ2v) is 7.77. The lowest BCUT2D eigenvalue weighted by Crippen LogP contribution is -2.50. The molecule has 1 rings (SSSR count). The van der Waals surface area contributed by atoms with Crippen molar-refractivity contribution < 1.29 is 22.7 Å². The summed E-state index contributed by atoms with van der Waals surface area (Å²) < 4.78 is 30.8. The van der Waals surface area contributed by atoms with E-state index in [1.54, 1.807) is 23.6 Å². The first-order chi connectivity index (χ1) is 11.3. The predicted octanol–water partition coefficient (Wildman–Crippen LogP) is 0.785. The molecule has 0 aliphatic carbocycles. The molecule has 0 radical (unpaired) electrons. The van der Waals surface area contributed by atoms with Gasteiger partial charge in [-0.3, -0.25) is 4.79 Å². The smallest absolute Gasteiger partial charge is 0.409 e. The summed E-state index contributed by atoms with van der Waals surface area (Å²) in [7, 11) is -3.27. The van der Waals surface area contributed by atoms with Gasteiger partial charge in [-0.05, 0) is 26.2 Å². The summed E-state index contributed by atoms with van der Waals surface area (Å²) in [5, 5.41) is 0. The molecule has 0 aromatic heterocycles. The normalized spacial score (nSPS) is 16.0. The predicted molar refractivity (Wildman–Crippen MR) is 91.1 cm³/mol. The minimum absolute atomic E-state index is 0.0175. The fourth-order valence-corrected chi connectivity index (χ4v) is 3.92. The van der Waals surface area contributed by atoms with Crippen molar-refractivity contribution in [3.05, 3.63) is 0 Å². The average molecular weight is 363 g/mol. The van der Waals surface area contributed by atoms with Crippen LogP contribution in [0.3, 0.4) is 0 Å². The van der Waals surface area contributed by atoms with Crippen LogP contribution < -0.4 is 4.72 Å². The Morgan fingerprint density at radius 1 is 1.25 bits per heavy atom. The third-order valence-electron chi connectivity index (χ3n) is 3.98. The van der Waals surface area contributed by atoms with Crippen LogP contribution in [-0.4, -0.2) is 74.8 Å². The van der Waals surface area contributed by atoms with Crippen molar-refractivity contribution in [2.75, 3.05) is 38.5 Å². The highest BCUT2D eigenvalue weighted by atomic mass is 32.2. The van der Waals surface area contributed by atoms with E-state index in [1.165, 1.54) is 6.92 Å². The Morgan fingerprint density at radius 2 is 1.88 bits per heavy atom. The van der Waals surface area contributed by atoms with Gasteiger partial charge < -0.3 is 14.5 Å². The lowest BCUT2D eigenvalue weighted by molar-refractivity contribution is -0.131. The molecule has 9 heteroatoms. The van der Waals surface area contributed by atoms with Crippen molar-refractivity contribution >= 4 is 22.0 Å². The summed E-state index contributed by atoms with van der Waals surface area (Å²) in [6.07, 6.45) is 1.57. The second kappa shape index (κ2) is 9.83. The van der Waals surface area contributed by atoms with Crippen LogP contribution in [0.5, 0.6) is 0 Å². The number of hydrogen-bond donors (Lipinski definition) is 1. The van der Waals surface area contributed by atoms with Gasteiger partial charge in [0.1, 0.15) is 0 Å². The van der Waals surface area contributed by atoms with Crippen molar-refractivity contribution in [2.45, 2.75) is 46.1 Å². The van der Waals surface area contributed by atoms with E-state index >= 15 is 0 Å². The Hall–Kier alpha value is -1.35. The van der Waals surface area contributed by atoms with Gasteiger partial charge in [0, 0.05) is 39.1 Å². The van der Waals surface area contributed by atoms with Gasteiger partial charge in [0.15, 0.2) is 0 Å². The first kappa shape index (κ1) is 20.7. The fraction of sp³-hybridized carbons (Fsp3) is 0.867. The zero-order chi connectivity index (χ0) is 18.2. The van der Waals surface area contributed by atoms with Crippen LogP contribution in [0.25, 0.3) is 0 Å². The van der Waals surface area contributed by atoms with Crippen LogP contribution in [0.1, 0.15) is 40.0 Å². The van der Waals surface area contributed by atoms with Gasteiger partial charge in [-0.1, -0.05) is 6.92 Å². The largest absolute Gasteiger partial charge is 0.450 e. The Bertz CT molecular complexity index is 515. The van der Waals surface area contributed by atoms with Crippen LogP contribution in [0.15, 0.2) is 0 Å². The summed E-state index contributed by atoms with van der Waals surface area (Å²) in [5.74, 6) is 0.00429. The zero-order valence-corrected chi connectivity index (χ0v) is 15.6. The lowest BCUT2D eigenvalue weighted by Gasteiger charge is -2.37. The van der Waals surface area contributed by atoms with E-state index < -0.39 is 10.0 Å². The molecule has 1 heterocycles. The summed E-state index contributed by atoms with van der Waals surface area (Å²) in [5.41, 5.74) is 0. The Kier molecular flexibility index (Phi) is 8.47. The lowest BCUT2D eigenvalue weighted by atomic mass is 10.0. The molecule has 8 nitrogen and oxygen atoms in total. The number of piperidine rings is 1. The number of nitrogens with zero attached hydrogens (tertiary/aromatic N) is 2. The maximum Gasteiger partial charge on any atom is 0.409 e. The van der Waals surface area contributed by atoms with Gasteiger partial charge in [-0.25, -0.2) is 17.9 Å². The monoisotopic (exact) mass is 363 g/mol. The van der Waals surface area contributed by atoms with Crippen LogP contribution in [0.2, 0.25) is 0 Å². The molecule has 0 aromatic carbocycles. The number of rotatable bonds is 8. The average Bonchev–Trinajstić information content (AvgIpc) is 2.51. The molecule has 1 saturated heterocycles. The molecule has 0 saturated carbocycles. The number of likely N-dealkylation sites (tertiary alicyclic amines) is 1. The molecule has 24 heavy (non-hydrogen) atoms. The van der Waals surface area contributed by atoms with Crippen LogP contribution in [-0.2, 0) is 19.6 Å². The molecular formula is C15H29N3O5S. The number of hydrogen-bond acceptors (Lipinski definition) is 5. The summed E-state index contributed by atoms with van der Waals surface area (Å²) in [6, 6.07) is 0.0175. The Morgan fingerprint density at radius 3 is 2.38 bits per heavy atom. The maximum absolute atomic E-state index is 11.9. The van der Waals surface area contributed by atoms with Gasteiger partial charge >= 0.3 is 6.09 Å². The van der Waals surface area contributed by atoms with Crippen LogP contribution in [0, 0.1) is 0 Å². The van der Waals surface area contributed by atoms with Gasteiger partial charge in [0.25, 0.3) is 0 Å². The standard InChI is InChI=1S/C15H29N3O5S/c1-4-12-24(21,22)16-8-11-18(13(3)19)14-6-9-17(10-7-14)15(20)23-5-2/h14,16H,4-12H2,1-3H3. The molecular weight excluding hydrogens is 334 g/mol. The van der Waals surface area contributed by atoms with E-state index in [-0.39, 0.29) is 30.3 Å². The highest BCUT2D eigenvalue weighted by Crippen LogP contribution is 2.17. The molecule has 0 atom stereocenters. The zero-order valence-electron chi connectivity index (χ0n) is 14.8. The Labute approximate surface area is 144 Å². The summed E-state index contributed by atoms with van der Waals surface area (Å²) in [4.78, 5) is 26.9. The number of amides is 2. The van der Waals surface area contributed by atoms with Gasteiger partial charge in [0.2, 0.25) is 15.9 Å². The van der Waals surface area contributed by atoms with E-state index in [0.717, 1.165) is 0 Å². The molecule has 0 spiro atoms. The van der Waals surface area contributed by atoms with Crippen LogP contribution in [0.4, 0.5) is 4.79 Å². The minimum Gasteiger partial charge on any atom is -0.450 e. The van der Waals surface area contributed by atoms with Gasteiger partial charge in [-0.2, -0.15) is 0 Å². The molecule has 0 bridgehead atoms. The molecule has 0 aromatic rings. The van der Waals surface area contributed by atoms with E-state index in [1.807, 2.05) is 0 Å². The van der Waals surface area contributed by atoms with E-state index in [2.05, 4.69) is 4.72 Å². The molecule has 0 unspecified atom stereocenters. The molecule has 2 amide bonds. The van der Waals surface area contributed by atoms with Crippen molar-refractivity contribution in [2.24, 2.45) is 0 Å². The van der Waals surface area contributed by atoms with Crippen molar-refractivity contribution in [1.82, 2.24) is 14.5 Å². The fourth-order valence-electron chi connectivity index (χ4n) is 2.83. The highest BCUT2D eigenvalue weighted by molar-refractivity contribution is 7.89. The topological polar surface area (TPSA) is 96.0 Å². The summed E-state index contributed by atoms with van der Waals surface area (Å²) in [6.45, 7) is 7.01. The molecule has 1 fully saturated rings. The van der Waals surface area contributed by atoms with E-state index in [0.29, 0.717) is 45.5 Å². The van der Waals surface area contributed by atoms with Crippen molar-refractivity contribution in [1.29, 1.82) is 0 Å². The number of carbonyl (C=O) groups is 2. The maximum atomic E-state index is 11.9. The highest BCUT2D eigenvalue weighted by Gasteiger charge is 2.28. The first-order valence-electron chi connectivity index (χ1n) is 8.47. The number of carbonyl (C=O) groups excluding carboxylic acids is 2. The van der Waals surface area contributed by atoms with Crippen molar-refractivity contribution in [3.8, 4) is 0 Å². The van der Waals surface area contributed by atoms with Gasteiger partial charge in [0.05, 0.1) is 12.4 Å². The van der Waals surface area contributed by atoms with Crippen molar-refractivity contribution in [3.63, 3.8) is 0 Å². The Balaban J connectivity index is 2.49.